The smallest absolute Gasteiger partial charge is 0.380 e. The fourth-order valence-electron chi connectivity index (χ4n) is 3.10. The molecule has 1 N–H and O–H groups in total. The minimum absolute atomic E-state index is 0.0175. The molecule has 1 aromatic heterocycles. The molecule has 3 aromatic rings. The summed E-state index contributed by atoms with van der Waals surface area (Å²) in [5.74, 6) is -1.24. The number of aliphatic hydroxyl groups is 1. The first-order valence-corrected chi connectivity index (χ1v) is 8.91. The van der Waals surface area contributed by atoms with E-state index >= 15 is 0 Å². The zero-order valence-corrected chi connectivity index (χ0v) is 16.0. The van der Waals surface area contributed by atoms with Gasteiger partial charge in [0.05, 0.1) is 29.1 Å². The lowest BCUT2D eigenvalue weighted by Crippen LogP contribution is -2.44. The standard InChI is InChI=1S/C21H17F4N3O2/c1-12(28-11-14-16(22)5-4-6-17(14)27-28)20(2,30)19(29)10-13-7-8-18(26-3)15(9-13)21(23,24)25/h4-9,11-12,30H,10H2,1-2H3/t12?,20-/m0/s1. The van der Waals surface area contributed by atoms with E-state index in [4.69, 9.17) is 6.57 Å². The van der Waals surface area contributed by atoms with E-state index < -0.39 is 47.1 Å². The quantitative estimate of drug-likeness (QED) is 0.474. The lowest BCUT2D eigenvalue weighted by Gasteiger charge is -2.29. The van der Waals surface area contributed by atoms with Crippen molar-refractivity contribution in [1.82, 2.24) is 9.78 Å². The second-order valence-electron chi connectivity index (χ2n) is 7.17. The fraction of sp³-hybridized carbons (Fsp3) is 0.286. The van der Waals surface area contributed by atoms with E-state index in [2.05, 4.69) is 9.94 Å². The molecule has 2 aromatic carbocycles. The number of ketones is 1. The van der Waals surface area contributed by atoms with Crippen LogP contribution in [0.5, 0.6) is 0 Å². The maximum Gasteiger partial charge on any atom is 0.407 e. The van der Waals surface area contributed by atoms with Gasteiger partial charge in [0.1, 0.15) is 11.4 Å². The first kappa shape index (κ1) is 21.5. The van der Waals surface area contributed by atoms with Gasteiger partial charge >= 0.3 is 6.18 Å². The van der Waals surface area contributed by atoms with E-state index in [-0.39, 0.29) is 10.9 Å². The second kappa shape index (κ2) is 7.54. The molecule has 0 spiro atoms. The van der Waals surface area contributed by atoms with Crippen LogP contribution in [0.4, 0.5) is 23.2 Å². The fourth-order valence-corrected chi connectivity index (χ4v) is 3.10. The summed E-state index contributed by atoms with van der Waals surface area (Å²) in [5, 5.41) is 15.2. The van der Waals surface area contributed by atoms with Crippen molar-refractivity contribution in [2.45, 2.75) is 38.1 Å². The average molecular weight is 419 g/mol. The van der Waals surface area contributed by atoms with Gasteiger partial charge in [-0.15, -0.1) is 0 Å². The minimum Gasteiger partial charge on any atom is -0.380 e. The Morgan fingerprint density at radius 1 is 1.30 bits per heavy atom. The van der Waals surface area contributed by atoms with Crippen molar-refractivity contribution in [1.29, 1.82) is 0 Å². The molecule has 0 aliphatic heterocycles. The first-order chi connectivity index (χ1) is 13.9. The number of Topliss-reactive ketones (excluding diaryl/α,β-unsaturated/α-hetero) is 1. The van der Waals surface area contributed by atoms with Crippen LogP contribution in [0.2, 0.25) is 0 Å². The third kappa shape index (κ3) is 3.91. The second-order valence-corrected chi connectivity index (χ2v) is 7.17. The summed E-state index contributed by atoms with van der Waals surface area (Å²) in [5.41, 5.74) is -3.33. The zero-order valence-electron chi connectivity index (χ0n) is 16.0. The average Bonchev–Trinajstić information content (AvgIpc) is 3.12. The number of fused-ring (bicyclic) bond motifs is 1. The summed E-state index contributed by atoms with van der Waals surface area (Å²) in [6.45, 7) is 9.61. The number of carbonyl (C=O) groups excluding carboxylic acids is 1. The van der Waals surface area contributed by atoms with Gasteiger partial charge in [0.15, 0.2) is 11.5 Å². The lowest BCUT2D eigenvalue weighted by molar-refractivity contribution is -0.140. The minimum atomic E-state index is -4.74. The number of rotatable bonds is 5. The van der Waals surface area contributed by atoms with Crippen LogP contribution in [0, 0.1) is 12.4 Å². The maximum atomic E-state index is 13.9. The van der Waals surface area contributed by atoms with Crippen molar-refractivity contribution in [3.05, 3.63) is 71.0 Å². The largest absolute Gasteiger partial charge is 0.407 e. The van der Waals surface area contributed by atoms with Crippen LogP contribution in [0.3, 0.4) is 0 Å². The maximum absolute atomic E-state index is 13.9. The normalized spacial score (nSPS) is 14.9. The number of carbonyl (C=O) groups is 1. The van der Waals surface area contributed by atoms with Gasteiger partial charge in [0, 0.05) is 12.6 Å². The summed E-state index contributed by atoms with van der Waals surface area (Å²) < 4.78 is 54.6. The van der Waals surface area contributed by atoms with Crippen LogP contribution in [0.25, 0.3) is 15.7 Å². The van der Waals surface area contributed by atoms with Gasteiger partial charge in [-0.3, -0.25) is 9.48 Å². The molecule has 9 heteroatoms. The van der Waals surface area contributed by atoms with Crippen molar-refractivity contribution in [2.75, 3.05) is 0 Å². The molecule has 5 nitrogen and oxygen atoms in total. The van der Waals surface area contributed by atoms with Crippen LogP contribution < -0.4 is 0 Å². The van der Waals surface area contributed by atoms with Gasteiger partial charge in [-0.05, 0) is 31.5 Å². The molecule has 0 amide bonds. The molecule has 3 rings (SSSR count). The predicted molar refractivity (Wildman–Crippen MR) is 101 cm³/mol. The van der Waals surface area contributed by atoms with Gasteiger partial charge in [-0.25, -0.2) is 9.24 Å². The number of hydrogen-bond donors (Lipinski definition) is 1. The topological polar surface area (TPSA) is 59.5 Å². The van der Waals surface area contributed by atoms with Crippen LogP contribution >= 0.6 is 0 Å². The van der Waals surface area contributed by atoms with Gasteiger partial charge in [0.25, 0.3) is 0 Å². The molecule has 0 radical (unpaired) electrons. The van der Waals surface area contributed by atoms with E-state index in [1.54, 1.807) is 6.07 Å². The van der Waals surface area contributed by atoms with E-state index in [1.807, 2.05) is 0 Å². The molecule has 0 aliphatic rings. The molecular formula is C21H17F4N3O2. The molecule has 156 valence electrons. The SMILES string of the molecule is [C-]#[N+]c1ccc(CC(=O)[C@@](C)(O)C(C)n2cc3c(F)cccc3n2)cc1C(F)(F)F. The van der Waals surface area contributed by atoms with E-state index in [0.29, 0.717) is 5.52 Å². The van der Waals surface area contributed by atoms with Gasteiger partial charge < -0.3 is 5.11 Å². The Hall–Kier alpha value is -3.25. The highest BCUT2D eigenvalue weighted by atomic mass is 19.4. The number of halogens is 4. The van der Waals surface area contributed by atoms with Crippen LogP contribution in [-0.4, -0.2) is 26.3 Å². The molecule has 0 fully saturated rings. The highest BCUT2D eigenvalue weighted by Gasteiger charge is 2.39. The Morgan fingerprint density at radius 3 is 2.60 bits per heavy atom. The number of aromatic nitrogens is 2. The van der Waals surface area contributed by atoms with Crippen LogP contribution in [0.1, 0.15) is 31.0 Å². The first-order valence-electron chi connectivity index (χ1n) is 8.91. The molecule has 30 heavy (non-hydrogen) atoms. The number of nitrogens with zero attached hydrogens (tertiary/aromatic N) is 3. The van der Waals surface area contributed by atoms with Crippen LogP contribution in [-0.2, 0) is 17.4 Å². The molecule has 1 heterocycles. The third-order valence-electron chi connectivity index (χ3n) is 5.14. The van der Waals surface area contributed by atoms with E-state index in [1.165, 1.54) is 42.9 Å². The van der Waals surface area contributed by atoms with E-state index in [0.717, 1.165) is 12.1 Å². The summed E-state index contributed by atoms with van der Waals surface area (Å²) >= 11 is 0. The summed E-state index contributed by atoms with van der Waals surface area (Å²) in [6.07, 6.45) is -3.86. The molecule has 1 unspecified atom stereocenters. The van der Waals surface area contributed by atoms with Gasteiger partial charge in [-0.1, -0.05) is 24.3 Å². The Kier molecular flexibility index (Phi) is 5.39. The van der Waals surface area contributed by atoms with Crippen molar-refractivity contribution in [2.24, 2.45) is 0 Å². The van der Waals surface area contributed by atoms with E-state index in [9.17, 15) is 27.5 Å². The zero-order chi connectivity index (χ0) is 22.3. The van der Waals surface area contributed by atoms with Gasteiger partial charge in [0.2, 0.25) is 0 Å². The van der Waals surface area contributed by atoms with Crippen molar-refractivity contribution >= 4 is 22.4 Å². The summed E-state index contributed by atoms with van der Waals surface area (Å²) in [4.78, 5) is 15.6. The highest BCUT2D eigenvalue weighted by molar-refractivity contribution is 5.89. The number of benzene rings is 2. The van der Waals surface area contributed by atoms with Crippen LogP contribution in [0.15, 0.2) is 42.6 Å². The monoisotopic (exact) mass is 419 g/mol. The number of alkyl halides is 3. The molecule has 0 saturated heterocycles. The molecule has 0 bridgehead atoms. The summed E-state index contributed by atoms with van der Waals surface area (Å²) in [6, 6.07) is 6.39. The molecular weight excluding hydrogens is 402 g/mol. The number of hydrogen-bond acceptors (Lipinski definition) is 3. The van der Waals surface area contributed by atoms with Crippen molar-refractivity contribution < 1.29 is 27.5 Å². The Morgan fingerprint density at radius 2 is 2.00 bits per heavy atom. The third-order valence-corrected chi connectivity index (χ3v) is 5.14. The lowest BCUT2D eigenvalue weighted by atomic mass is 9.88. The Balaban J connectivity index is 1.88. The van der Waals surface area contributed by atoms with Crippen molar-refractivity contribution in [3.63, 3.8) is 0 Å². The molecule has 0 aliphatic carbocycles. The molecule has 2 atom stereocenters. The Labute approximate surface area is 169 Å². The van der Waals surface area contributed by atoms with Crippen molar-refractivity contribution in [3.8, 4) is 0 Å². The predicted octanol–water partition coefficient (Wildman–Crippen LogP) is 4.87. The molecule has 0 saturated carbocycles. The highest BCUT2D eigenvalue weighted by Crippen LogP contribution is 2.37. The Bertz CT molecular complexity index is 1160. The summed E-state index contributed by atoms with van der Waals surface area (Å²) in [7, 11) is 0. The van der Waals surface area contributed by atoms with Gasteiger partial charge in [-0.2, -0.15) is 18.3 Å².